The summed E-state index contributed by atoms with van der Waals surface area (Å²) in [6.07, 6.45) is -0.966. The van der Waals surface area contributed by atoms with Crippen molar-refractivity contribution >= 4 is 35.1 Å². The smallest absolute Gasteiger partial charge is 0.338 e. The zero-order valence-corrected chi connectivity index (χ0v) is 20.0. The standard InChI is InChI=1S/C25H25N5O6/c1-15-22(24(34)30(28(15)3)19-7-5-4-6-8-19)26-23(33)16(2)36-25(35)17-9-11-18(12-10-17)29-21(32)14-13-20(31)27-29/h4-12,16H,13-14H2,1-3H3,(H,26,33)(H,27,31). The SMILES string of the molecule is Cc1c(NC(=O)C(C)OC(=O)c2ccc(N3NC(=O)CCC3=O)cc2)c(=O)n(-c2ccccc2)n1C. The molecule has 2 N–H and O–H groups in total. The monoisotopic (exact) mass is 491 g/mol. The van der Waals surface area contributed by atoms with Gasteiger partial charge in [-0.1, -0.05) is 18.2 Å². The Bertz CT molecular complexity index is 1390. The molecule has 3 aromatic rings. The highest BCUT2D eigenvalue weighted by molar-refractivity contribution is 6.02. The summed E-state index contributed by atoms with van der Waals surface area (Å²) in [6, 6.07) is 14.8. The van der Waals surface area contributed by atoms with E-state index < -0.39 is 23.5 Å². The van der Waals surface area contributed by atoms with Crippen LogP contribution in [0.5, 0.6) is 0 Å². The minimum Gasteiger partial charge on any atom is -0.449 e. The third-order valence-corrected chi connectivity index (χ3v) is 5.87. The van der Waals surface area contributed by atoms with Gasteiger partial charge in [-0.3, -0.25) is 29.3 Å². The minimum absolute atomic E-state index is 0.0897. The fourth-order valence-electron chi connectivity index (χ4n) is 3.75. The molecule has 2 aromatic carbocycles. The number of hydrogen-bond acceptors (Lipinski definition) is 6. The number of hydrazine groups is 1. The second-order valence-electron chi connectivity index (χ2n) is 8.28. The molecule has 36 heavy (non-hydrogen) atoms. The molecule has 2 heterocycles. The molecular formula is C25H25N5O6. The van der Waals surface area contributed by atoms with E-state index in [0.29, 0.717) is 17.1 Å². The van der Waals surface area contributed by atoms with E-state index in [-0.39, 0.29) is 35.9 Å². The lowest BCUT2D eigenvalue weighted by Gasteiger charge is -2.27. The number of carbonyl (C=O) groups is 4. The Morgan fingerprint density at radius 2 is 1.64 bits per heavy atom. The maximum atomic E-state index is 13.0. The van der Waals surface area contributed by atoms with Gasteiger partial charge in [0.15, 0.2) is 6.10 Å². The molecular weight excluding hydrogens is 466 g/mol. The number of carbonyl (C=O) groups excluding carboxylic acids is 4. The summed E-state index contributed by atoms with van der Waals surface area (Å²) < 4.78 is 8.33. The van der Waals surface area contributed by atoms with E-state index in [4.69, 9.17) is 4.74 Å². The van der Waals surface area contributed by atoms with Gasteiger partial charge in [0.1, 0.15) is 5.69 Å². The van der Waals surface area contributed by atoms with Crippen molar-refractivity contribution in [3.63, 3.8) is 0 Å². The maximum Gasteiger partial charge on any atom is 0.338 e. The Balaban J connectivity index is 1.43. The van der Waals surface area contributed by atoms with Crippen molar-refractivity contribution in [1.29, 1.82) is 0 Å². The summed E-state index contributed by atoms with van der Waals surface area (Å²) in [5.74, 6) is -1.96. The van der Waals surface area contributed by atoms with E-state index in [1.54, 1.807) is 42.9 Å². The van der Waals surface area contributed by atoms with Crippen molar-refractivity contribution < 1.29 is 23.9 Å². The summed E-state index contributed by atoms with van der Waals surface area (Å²) in [5.41, 5.74) is 3.87. The maximum absolute atomic E-state index is 13.0. The van der Waals surface area contributed by atoms with Crippen molar-refractivity contribution in [1.82, 2.24) is 14.8 Å². The number of hydrogen-bond donors (Lipinski definition) is 2. The lowest BCUT2D eigenvalue weighted by Crippen LogP contribution is -2.50. The highest BCUT2D eigenvalue weighted by Crippen LogP contribution is 2.19. The van der Waals surface area contributed by atoms with Gasteiger partial charge < -0.3 is 10.1 Å². The van der Waals surface area contributed by atoms with E-state index in [9.17, 15) is 24.0 Å². The largest absolute Gasteiger partial charge is 0.449 e. The molecule has 4 rings (SSSR count). The number of ether oxygens (including phenoxy) is 1. The average Bonchev–Trinajstić information content (AvgIpc) is 3.08. The van der Waals surface area contributed by atoms with Crippen LogP contribution in [0.1, 0.15) is 35.8 Å². The molecule has 11 nitrogen and oxygen atoms in total. The zero-order chi connectivity index (χ0) is 26.0. The van der Waals surface area contributed by atoms with Crippen LogP contribution in [-0.4, -0.2) is 39.2 Å². The number of nitrogens with one attached hydrogen (secondary N) is 2. The van der Waals surface area contributed by atoms with Gasteiger partial charge >= 0.3 is 5.97 Å². The molecule has 1 aromatic heterocycles. The summed E-state index contributed by atoms with van der Waals surface area (Å²) in [4.78, 5) is 61.9. The van der Waals surface area contributed by atoms with Crippen LogP contribution in [0.15, 0.2) is 59.4 Å². The average molecular weight is 492 g/mol. The molecule has 0 spiro atoms. The summed E-state index contributed by atoms with van der Waals surface area (Å²) in [6.45, 7) is 3.10. The quantitative estimate of drug-likeness (QED) is 0.506. The molecule has 3 amide bonds. The van der Waals surface area contributed by atoms with Gasteiger partial charge in [0.05, 0.1) is 22.6 Å². The molecule has 1 aliphatic heterocycles. The van der Waals surface area contributed by atoms with Crippen molar-refractivity contribution in [2.75, 3.05) is 10.3 Å². The van der Waals surface area contributed by atoms with Crippen LogP contribution in [0.25, 0.3) is 5.69 Å². The minimum atomic E-state index is -1.19. The molecule has 0 radical (unpaired) electrons. The molecule has 1 fully saturated rings. The normalized spacial score (nSPS) is 14.2. The fourth-order valence-corrected chi connectivity index (χ4v) is 3.75. The van der Waals surface area contributed by atoms with E-state index in [1.165, 1.54) is 35.9 Å². The van der Waals surface area contributed by atoms with Crippen LogP contribution in [0, 0.1) is 6.92 Å². The summed E-state index contributed by atoms with van der Waals surface area (Å²) in [7, 11) is 1.70. The molecule has 0 bridgehead atoms. The molecule has 1 atom stereocenters. The first-order valence-corrected chi connectivity index (χ1v) is 11.3. The van der Waals surface area contributed by atoms with Crippen molar-refractivity contribution in [3.05, 3.63) is 76.2 Å². The predicted octanol–water partition coefficient (Wildman–Crippen LogP) is 1.83. The van der Waals surface area contributed by atoms with E-state index in [0.717, 1.165) is 5.01 Å². The summed E-state index contributed by atoms with van der Waals surface area (Å²) >= 11 is 0. The van der Waals surface area contributed by atoms with Gasteiger partial charge in [-0.05, 0) is 50.2 Å². The lowest BCUT2D eigenvalue weighted by atomic mass is 10.1. The first-order valence-electron chi connectivity index (χ1n) is 11.3. The molecule has 0 saturated carbocycles. The number of anilines is 2. The van der Waals surface area contributed by atoms with Crippen LogP contribution in [0.3, 0.4) is 0 Å². The third kappa shape index (κ3) is 4.76. The van der Waals surface area contributed by atoms with Crippen molar-refractivity contribution in [3.8, 4) is 5.69 Å². The van der Waals surface area contributed by atoms with Gasteiger partial charge in [0.2, 0.25) is 11.8 Å². The molecule has 1 aliphatic rings. The number of rotatable bonds is 6. The Hall–Kier alpha value is -4.67. The van der Waals surface area contributed by atoms with Crippen LogP contribution < -0.4 is 21.3 Å². The predicted molar refractivity (Wildman–Crippen MR) is 131 cm³/mol. The number of esters is 1. The number of benzene rings is 2. The Labute approximate surface area is 206 Å². The highest BCUT2D eigenvalue weighted by Gasteiger charge is 2.26. The molecule has 186 valence electrons. The number of aromatic nitrogens is 2. The molecule has 1 saturated heterocycles. The second kappa shape index (κ2) is 9.90. The zero-order valence-electron chi connectivity index (χ0n) is 20.0. The van der Waals surface area contributed by atoms with Crippen LogP contribution in [0.4, 0.5) is 11.4 Å². The molecule has 0 aliphatic carbocycles. The summed E-state index contributed by atoms with van der Waals surface area (Å²) in [5, 5.41) is 3.70. The number of para-hydroxylation sites is 1. The first-order chi connectivity index (χ1) is 17.2. The lowest BCUT2D eigenvalue weighted by molar-refractivity contribution is -0.130. The van der Waals surface area contributed by atoms with Gasteiger partial charge in [-0.15, -0.1) is 0 Å². The molecule has 1 unspecified atom stereocenters. The van der Waals surface area contributed by atoms with E-state index in [1.807, 2.05) is 6.07 Å². The Morgan fingerprint density at radius 1 is 0.972 bits per heavy atom. The fraction of sp³-hybridized carbons (Fsp3) is 0.240. The van der Waals surface area contributed by atoms with Crippen LogP contribution in [0.2, 0.25) is 0 Å². The molecule has 11 heteroatoms. The first kappa shape index (κ1) is 24.5. The second-order valence-corrected chi connectivity index (χ2v) is 8.28. The van der Waals surface area contributed by atoms with E-state index in [2.05, 4.69) is 10.7 Å². The van der Waals surface area contributed by atoms with Gasteiger partial charge in [0, 0.05) is 19.9 Å². The van der Waals surface area contributed by atoms with Crippen molar-refractivity contribution in [2.45, 2.75) is 32.8 Å². The van der Waals surface area contributed by atoms with Crippen molar-refractivity contribution in [2.24, 2.45) is 7.05 Å². The number of nitrogens with zero attached hydrogens (tertiary/aromatic N) is 3. The topological polar surface area (TPSA) is 132 Å². The van der Waals surface area contributed by atoms with Gasteiger partial charge in [-0.25, -0.2) is 14.5 Å². The third-order valence-electron chi connectivity index (χ3n) is 5.87. The van der Waals surface area contributed by atoms with Gasteiger partial charge in [-0.2, -0.15) is 0 Å². The number of amides is 3. The highest BCUT2D eigenvalue weighted by atomic mass is 16.5. The Morgan fingerprint density at radius 3 is 2.31 bits per heavy atom. The Kier molecular flexibility index (Phi) is 6.73. The van der Waals surface area contributed by atoms with Gasteiger partial charge in [0.25, 0.3) is 11.5 Å². The van der Waals surface area contributed by atoms with Crippen LogP contribution >= 0.6 is 0 Å². The van der Waals surface area contributed by atoms with E-state index >= 15 is 0 Å². The van der Waals surface area contributed by atoms with Crippen LogP contribution in [-0.2, 0) is 26.2 Å².